The minimum atomic E-state index is 0.0164. The van der Waals surface area contributed by atoms with E-state index in [-0.39, 0.29) is 6.10 Å². The van der Waals surface area contributed by atoms with Crippen LogP contribution in [0.15, 0.2) is 24.3 Å². The highest BCUT2D eigenvalue weighted by Crippen LogP contribution is 2.21. The van der Waals surface area contributed by atoms with Crippen molar-refractivity contribution in [3.8, 4) is 11.8 Å². The lowest BCUT2D eigenvalue weighted by Gasteiger charge is -2.16. The summed E-state index contributed by atoms with van der Waals surface area (Å²) in [6.07, 6.45) is 2.29. The molecule has 0 radical (unpaired) electrons. The van der Waals surface area contributed by atoms with E-state index in [1.165, 1.54) is 5.56 Å². The zero-order chi connectivity index (χ0) is 11.1. The third kappa shape index (κ3) is 3.28. The Labute approximate surface area is 91.5 Å². The lowest BCUT2D eigenvalue weighted by atomic mass is 10.1. The molecule has 0 aliphatic rings. The molecule has 0 aliphatic carbocycles. The molecule has 0 aliphatic heterocycles. The molecule has 0 saturated heterocycles. The van der Waals surface area contributed by atoms with Crippen molar-refractivity contribution in [1.29, 1.82) is 5.26 Å². The third-order valence-corrected chi connectivity index (χ3v) is 2.42. The fraction of sp³-hybridized carbons (Fsp3) is 0.462. The summed E-state index contributed by atoms with van der Waals surface area (Å²) in [5.41, 5.74) is 1.20. The van der Waals surface area contributed by atoms with Crippen molar-refractivity contribution in [2.45, 2.75) is 39.2 Å². The fourth-order valence-electron chi connectivity index (χ4n) is 1.46. The van der Waals surface area contributed by atoms with Crippen molar-refractivity contribution in [2.24, 2.45) is 0 Å². The summed E-state index contributed by atoms with van der Waals surface area (Å²) >= 11 is 0. The Bertz CT molecular complexity index is 341. The molecular formula is C13H17NO. The van der Waals surface area contributed by atoms with Crippen LogP contribution >= 0.6 is 0 Å². The summed E-state index contributed by atoms with van der Waals surface area (Å²) in [6.45, 7) is 4.14. The predicted molar refractivity (Wildman–Crippen MR) is 60.8 cm³/mol. The Morgan fingerprint density at radius 1 is 1.33 bits per heavy atom. The van der Waals surface area contributed by atoms with E-state index in [1.807, 2.05) is 25.1 Å². The second kappa shape index (κ2) is 6.08. The lowest BCUT2D eigenvalue weighted by Crippen LogP contribution is -2.15. The lowest BCUT2D eigenvalue weighted by molar-refractivity contribution is 0.200. The van der Waals surface area contributed by atoms with Gasteiger partial charge in [-0.05, 0) is 24.5 Å². The largest absolute Gasteiger partial charge is 0.489 e. The SMILES string of the molecule is CCc1ccccc1OC(CC)CC#N. The molecule has 0 aromatic heterocycles. The van der Waals surface area contributed by atoms with Gasteiger partial charge in [-0.3, -0.25) is 0 Å². The summed E-state index contributed by atoms with van der Waals surface area (Å²) < 4.78 is 5.80. The van der Waals surface area contributed by atoms with E-state index in [0.29, 0.717) is 6.42 Å². The van der Waals surface area contributed by atoms with E-state index in [0.717, 1.165) is 18.6 Å². The fourth-order valence-corrected chi connectivity index (χ4v) is 1.46. The summed E-state index contributed by atoms with van der Waals surface area (Å²) in [5, 5.41) is 8.64. The number of nitriles is 1. The number of nitrogens with zero attached hydrogens (tertiary/aromatic N) is 1. The van der Waals surface area contributed by atoms with Crippen molar-refractivity contribution < 1.29 is 4.74 Å². The highest BCUT2D eigenvalue weighted by Gasteiger charge is 2.09. The molecule has 15 heavy (non-hydrogen) atoms. The predicted octanol–water partition coefficient (Wildman–Crippen LogP) is 3.32. The van der Waals surface area contributed by atoms with E-state index in [1.54, 1.807) is 0 Å². The topological polar surface area (TPSA) is 33.0 Å². The van der Waals surface area contributed by atoms with Crippen molar-refractivity contribution in [3.63, 3.8) is 0 Å². The summed E-state index contributed by atoms with van der Waals surface area (Å²) in [5.74, 6) is 0.919. The maximum Gasteiger partial charge on any atom is 0.122 e. The number of para-hydroxylation sites is 1. The van der Waals surface area contributed by atoms with Crippen LogP contribution in [0.5, 0.6) is 5.75 Å². The van der Waals surface area contributed by atoms with Gasteiger partial charge in [-0.2, -0.15) is 5.26 Å². The Morgan fingerprint density at radius 2 is 2.07 bits per heavy atom. The first-order valence-electron chi connectivity index (χ1n) is 5.43. The maximum atomic E-state index is 8.64. The summed E-state index contributed by atoms with van der Waals surface area (Å²) in [4.78, 5) is 0. The van der Waals surface area contributed by atoms with Crippen LogP contribution in [0.25, 0.3) is 0 Å². The molecule has 1 unspecified atom stereocenters. The van der Waals surface area contributed by atoms with Crippen LogP contribution in [0.3, 0.4) is 0 Å². The zero-order valence-corrected chi connectivity index (χ0v) is 9.36. The first kappa shape index (κ1) is 11.6. The normalized spacial score (nSPS) is 11.8. The number of rotatable bonds is 5. The van der Waals surface area contributed by atoms with Gasteiger partial charge in [0.1, 0.15) is 11.9 Å². The minimum absolute atomic E-state index is 0.0164. The monoisotopic (exact) mass is 203 g/mol. The van der Waals surface area contributed by atoms with Gasteiger partial charge in [0.2, 0.25) is 0 Å². The van der Waals surface area contributed by atoms with Crippen LogP contribution in [0.4, 0.5) is 0 Å². The number of hydrogen-bond donors (Lipinski definition) is 0. The van der Waals surface area contributed by atoms with Crippen LogP contribution < -0.4 is 4.74 Å². The molecule has 2 heteroatoms. The van der Waals surface area contributed by atoms with Gasteiger partial charge >= 0.3 is 0 Å². The first-order chi connectivity index (χ1) is 7.31. The third-order valence-electron chi connectivity index (χ3n) is 2.42. The molecule has 1 aromatic carbocycles. The Morgan fingerprint density at radius 3 is 2.67 bits per heavy atom. The average Bonchev–Trinajstić information content (AvgIpc) is 2.29. The Hall–Kier alpha value is -1.49. The van der Waals surface area contributed by atoms with Gasteiger partial charge in [0.15, 0.2) is 0 Å². The minimum Gasteiger partial charge on any atom is -0.489 e. The van der Waals surface area contributed by atoms with Gasteiger partial charge in [-0.15, -0.1) is 0 Å². The molecule has 1 aromatic rings. The van der Waals surface area contributed by atoms with Crippen LogP contribution in [-0.2, 0) is 6.42 Å². The Kier molecular flexibility index (Phi) is 4.70. The number of ether oxygens (including phenoxy) is 1. The molecule has 0 amide bonds. The smallest absolute Gasteiger partial charge is 0.122 e. The highest BCUT2D eigenvalue weighted by molar-refractivity contribution is 5.33. The van der Waals surface area contributed by atoms with Gasteiger partial charge < -0.3 is 4.74 Å². The average molecular weight is 203 g/mol. The van der Waals surface area contributed by atoms with E-state index < -0.39 is 0 Å². The Balaban J connectivity index is 2.74. The van der Waals surface area contributed by atoms with E-state index in [9.17, 15) is 0 Å². The number of hydrogen-bond acceptors (Lipinski definition) is 2. The van der Waals surface area contributed by atoms with Crippen LogP contribution in [0, 0.1) is 11.3 Å². The van der Waals surface area contributed by atoms with E-state index >= 15 is 0 Å². The van der Waals surface area contributed by atoms with Gasteiger partial charge in [0.05, 0.1) is 12.5 Å². The molecule has 0 fully saturated rings. The number of benzene rings is 1. The molecule has 1 atom stereocenters. The molecule has 2 nitrogen and oxygen atoms in total. The molecule has 0 heterocycles. The molecule has 0 N–H and O–H groups in total. The van der Waals surface area contributed by atoms with Crippen molar-refractivity contribution >= 4 is 0 Å². The number of aryl methyl sites for hydroxylation is 1. The summed E-state index contributed by atoms with van der Waals surface area (Å²) in [6, 6.07) is 10.2. The van der Waals surface area contributed by atoms with Gasteiger partial charge in [-0.1, -0.05) is 32.0 Å². The van der Waals surface area contributed by atoms with Gasteiger partial charge in [-0.25, -0.2) is 0 Å². The van der Waals surface area contributed by atoms with Crippen LogP contribution in [0.1, 0.15) is 32.3 Å². The first-order valence-corrected chi connectivity index (χ1v) is 5.43. The molecule has 80 valence electrons. The van der Waals surface area contributed by atoms with Gasteiger partial charge in [0.25, 0.3) is 0 Å². The second-order valence-electron chi connectivity index (χ2n) is 3.47. The van der Waals surface area contributed by atoms with Crippen molar-refractivity contribution in [2.75, 3.05) is 0 Å². The van der Waals surface area contributed by atoms with Crippen molar-refractivity contribution in [1.82, 2.24) is 0 Å². The van der Waals surface area contributed by atoms with E-state index in [2.05, 4.69) is 19.1 Å². The van der Waals surface area contributed by atoms with E-state index in [4.69, 9.17) is 10.00 Å². The molecule has 1 rings (SSSR count). The molecular weight excluding hydrogens is 186 g/mol. The quantitative estimate of drug-likeness (QED) is 0.735. The summed E-state index contributed by atoms with van der Waals surface area (Å²) in [7, 11) is 0. The van der Waals surface area contributed by atoms with Crippen LogP contribution in [0.2, 0.25) is 0 Å². The maximum absolute atomic E-state index is 8.64. The van der Waals surface area contributed by atoms with Crippen molar-refractivity contribution in [3.05, 3.63) is 29.8 Å². The highest BCUT2D eigenvalue weighted by atomic mass is 16.5. The second-order valence-corrected chi connectivity index (χ2v) is 3.47. The zero-order valence-electron chi connectivity index (χ0n) is 9.36. The molecule has 0 spiro atoms. The molecule has 0 saturated carbocycles. The molecule has 0 bridgehead atoms. The van der Waals surface area contributed by atoms with Gasteiger partial charge in [0, 0.05) is 0 Å². The van der Waals surface area contributed by atoms with Crippen LogP contribution in [-0.4, -0.2) is 6.10 Å². The standard InChI is InChI=1S/C13H17NO/c1-3-11-7-5-6-8-13(11)15-12(4-2)9-10-14/h5-8,12H,3-4,9H2,1-2H3.